The number of aliphatic imine (C=N–C) groups is 4. The first-order valence-corrected chi connectivity index (χ1v) is 46.5. The number of alkyl halides is 8. The summed E-state index contributed by atoms with van der Waals surface area (Å²) in [5.41, 5.74) is 38.8. The number of aliphatic hydroxyl groups excluding tert-OH is 1. The van der Waals surface area contributed by atoms with Crippen LogP contribution in [0.3, 0.4) is 0 Å². The Balaban J connectivity index is 0.000000772. The SMILES string of the molecule is C=C(N)CCC(O)c1ccc(OCCF)cc1.C=C(N)CCCc1ccc(OCCF)cc1.CC(=N)CCCc1ccc(OCCCF)c(Cl)c1.CC(=N)CN=Cc1ccc(OCCF)c(Br)c1.CC(=N)COCc1ccc(OCCF)c(Br)c1.CC(N)=NC(C)c1ccc(OCCF)c(Br)c1.CC(N)=NC(C)c1ccc(OCCF)cc1.CC(N)=NCCCc1ccc(OCCF)cc1. The van der Waals surface area contributed by atoms with Crippen molar-refractivity contribution in [1.29, 1.82) is 16.2 Å². The van der Waals surface area contributed by atoms with E-state index in [9.17, 15) is 40.2 Å². The lowest BCUT2D eigenvalue weighted by Gasteiger charge is -2.11. The van der Waals surface area contributed by atoms with Gasteiger partial charge in [0.05, 0.1) is 87.2 Å². The first kappa shape index (κ1) is 122. The smallest absolute Gasteiger partial charge is 0.137 e. The van der Waals surface area contributed by atoms with E-state index in [1.165, 1.54) is 11.1 Å². The van der Waals surface area contributed by atoms with E-state index in [0.717, 1.165) is 110 Å². The van der Waals surface area contributed by atoms with Crippen LogP contribution in [-0.4, -0.2) is 172 Å². The van der Waals surface area contributed by atoms with Crippen LogP contribution in [0.15, 0.2) is 228 Å². The predicted molar refractivity (Wildman–Crippen MR) is 547 cm³/mol. The highest BCUT2D eigenvalue weighted by atomic mass is 79.9. The van der Waals surface area contributed by atoms with E-state index in [-0.39, 0.29) is 65.0 Å². The van der Waals surface area contributed by atoms with E-state index in [2.05, 4.69) is 80.9 Å². The van der Waals surface area contributed by atoms with Crippen molar-refractivity contribution in [3.63, 3.8) is 0 Å². The zero-order chi connectivity index (χ0) is 101. The minimum absolute atomic E-state index is 0.00785. The molecule has 0 saturated heterocycles. The van der Waals surface area contributed by atoms with Crippen molar-refractivity contribution in [3.8, 4) is 46.0 Å². The molecule has 8 aromatic carbocycles. The van der Waals surface area contributed by atoms with Crippen LogP contribution in [0.5, 0.6) is 46.0 Å². The third-order valence-electron chi connectivity index (χ3n) is 17.4. The first-order valence-electron chi connectivity index (χ1n) is 43.8. The molecule has 0 aliphatic heterocycles. The number of aliphatic hydroxyl groups is 1. The van der Waals surface area contributed by atoms with E-state index in [4.69, 9.17) is 99.1 Å². The van der Waals surface area contributed by atoms with Crippen LogP contribution >= 0.6 is 59.4 Å². The zero-order valence-corrected chi connectivity index (χ0v) is 84.2. The van der Waals surface area contributed by atoms with Crippen LogP contribution in [0, 0.1) is 16.2 Å². The first-order chi connectivity index (χ1) is 64.6. The van der Waals surface area contributed by atoms with Gasteiger partial charge in [-0.05, 0) is 315 Å². The Morgan fingerprint density at radius 1 is 0.407 bits per heavy atom. The number of nitrogens with one attached hydrogen (secondary N) is 3. The number of nitrogens with zero attached hydrogens (tertiary/aromatic N) is 4. The Morgan fingerprint density at radius 3 is 1.21 bits per heavy atom. The lowest BCUT2D eigenvalue weighted by atomic mass is 10.0. The maximum atomic E-state index is 12.0. The molecule has 0 aromatic heterocycles. The molecule has 3 unspecified atom stereocenters. The fourth-order valence-corrected chi connectivity index (χ4v) is 12.9. The van der Waals surface area contributed by atoms with Crippen molar-refractivity contribution in [1.82, 2.24) is 0 Å². The molecule has 0 heterocycles. The van der Waals surface area contributed by atoms with Gasteiger partial charge in [-0.2, -0.15) is 0 Å². The Kier molecular flexibility index (Phi) is 69.4. The molecule has 14 N–H and O–H groups in total. The van der Waals surface area contributed by atoms with Crippen LogP contribution in [0.25, 0.3) is 0 Å². The lowest BCUT2D eigenvalue weighted by Crippen LogP contribution is -2.07. The zero-order valence-electron chi connectivity index (χ0n) is 78.6. The summed E-state index contributed by atoms with van der Waals surface area (Å²) in [6.07, 6.45) is 10.1. The van der Waals surface area contributed by atoms with Gasteiger partial charge in [0.2, 0.25) is 0 Å². The van der Waals surface area contributed by atoms with Gasteiger partial charge >= 0.3 is 0 Å². The van der Waals surface area contributed by atoms with Gasteiger partial charge in [0, 0.05) is 47.7 Å². The van der Waals surface area contributed by atoms with Crippen LogP contribution in [0.4, 0.5) is 35.1 Å². The van der Waals surface area contributed by atoms with Gasteiger partial charge in [0.25, 0.3) is 0 Å². The summed E-state index contributed by atoms with van der Waals surface area (Å²) in [6.45, 7) is 20.7. The Labute approximate surface area is 822 Å². The van der Waals surface area contributed by atoms with Crippen molar-refractivity contribution < 1.29 is 82.9 Å². The molecule has 22 nitrogen and oxygen atoms in total. The molecular formula is C101H136Br3ClF8N12O10. The fourth-order valence-electron chi connectivity index (χ4n) is 11.1. The Hall–Kier alpha value is -10.6. The second kappa shape index (κ2) is 76.6. The number of hydrogen-bond donors (Lipinski definition) is 9. The molecule has 8 rings (SSSR count). The summed E-state index contributed by atoms with van der Waals surface area (Å²) < 4.78 is 144. The van der Waals surface area contributed by atoms with Crippen molar-refractivity contribution in [2.75, 3.05) is 126 Å². The Bertz CT molecular complexity index is 4740. The molecule has 135 heavy (non-hydrogen) atoms. The van der Waals surface area contributed by atoms with E-state index in [1.807, 2.05) is 148 Å². The second-order valence-corrected chi connectivity index (χ2v) is 32.9. The van der Waals surface area contributed by atoms with Gasteiger partial charge < -0.3 is 92.6 Å². The van der Waals surface area contributed by atoms with Crippen molar-refractivity contribution in [3.05, 3.63) is 257 Å². The molecule has 0 fully saturated rings. The number of halogens is 12. The third-order valence-corrected chi connectivity index (χ3v) is 19.6. The average Bonchev–Trinajstić information content (AvgIpc) is 0.839. The normalized spacial score (nSPS) is 11.5. The van der Waals surface area contributed by atoms with Crippen LogP contribution < -0.4 is 66.6 Å². The third kappa shape index (κ3) is 62.7. The summed E-state index contributed by atoms with van der Waals surface area (Å²) in [5.74, 6) is 6.90. The van der Waals surface area contributed by atoms with E-state index in [1.54, 1.807) is 83.3 Å². The maximum Gasteiger partial charge on any atom is 0.137 e. The van der Waals surface area contributed by atoms with E-state index < -0.39 is 52.8 Å². The molecule has 8 aromatic rings. The largest absolute Gasteiger partial charge is 0.492 e. The van der Waals surface area contributed by atoms with Gasteiger partial charge in [-0.15, -0.1) is 0 Å². The van der Waals surface area contributed by atoms with Gasteiger partial charge in [0.15, 0.2) is 0 Å². The summed E-state index contributed by atoms with van der Waals surface area (Å²) in [5, 5.41) is 32.2. The average molecular weight is 2110 g/mol. The van der Waals surface area contributed by atoms with Crippen LogP contribution in [0.1, 0.15) is 169 Å². The number of aryl methyl sites for hydroxylation is 3. The number of rotatable bonds is 52. The minimum atomic E-state index is -0.564. The number of ether oxygens (including phenoxy) is 9. The monoisotopic (exact) mass is 2100 g/mol. The standard InChI is InChI=1S/C14H19ClFNO.C13H19FN2O.C13H18FNO2.C13H18FNO.C12H16BrFN2O.C12H14BrFN2O.C12H15BrFNO2.C12H17FN2O/c1-11(17)4-2-5-12-6-7-14(13(15)10-12)18-9-3-8-16;1-11(15)16-9-2-3-12-4-6-13(7-5-12)17-10-8-14;1-10(15)2-7-13(16)11-3-5-12(6-4-11)17-9-8-14;1-11(15)3-2-4-12-5-7-13(8-6-12)16-10-9-14;1-8(16-9(2)15)10-3-4-12(11(13)7-10)17-6-5-14;2*1-9(15)7-16-8-10-2-3-12(11(13)6-10)17-5-4-14;1-9(15-10(2)14)11-3-5-12(6-4-11)16-8-7-13/h6-7,10,17H,2-5,8-9H2,1H3;4-7H,2-3,8-10H2,1H3,(H2,15,16);3-6,13,16H,1-2,7-9,15H2;5-8H,1-4,9-10,15H2;3-4,7-8H,5-6H2,1-2H3,(H2,15,16);2-3,6,8,15H,4-5,7H2,1H3;2-3,6,15H,4-5,7-8H2,1H3;3-6,9H,7-8H2,1-2H3,(H2,14,15). The highest BCUT2D eigenvalue weighted by molar-refractivity contribution is 9.11. The van der Waals surface area contributed by atoms with Gasteiger partial charge in [0.1, 0.15) is 139 Å². The number of allylic oxidation sites excluding steroid dienone is 2. The molecule has 0 bridgehead atoms. The van der Waals surface area contributed by atoms with Gasteiger partial charge in [-0.1, -0.05) is 91.5 Å². The number of nitrogens with two attached hydrogens (primary N) is 5. The van der Waals surface area contributed by atoms with Crippen LogP contribution in [-0.2, 0) is 30.6 Å². The van der Waals surface area contributed by atoms with E-state index >= 15 is 0 Å². The highest BCUT2D eigenvalue weighted by Crippen LogP contribution is 2.32. The van der Waals surface area contributed by atoms with Crippen molar-refractivity contribution in [2.45, 2.75) is 151 Å². The van der Waals surface area contributed by atoms with Crippen LogP contribution in [0.2, 0.25) is 5.02 Å². The molecule has 0 aliphatic rings. The summed E-state index contributed by atoms with van der Waals surface area (Å²) in [6, 6.07) is 52.0. The molecule has 3 atom stereocenters. The molecular weight excluding hydrogens is 1970 g/mol. The Morgan fingerprint density at radius 2 is 0.793 bits per heavy atom. The number of hydrogen-bond acceptors (Lipinski definition) is 19. The maximum absolute atomic E-state index is 12.0. The topological polar surface area (TPSA) is 354 Å². The number of benzene rings is 8. The predicted octanol–water partition coefficient (Wildman–Crippen LogP) is 24.3. The summed E-state index contributed by atoms with van der Waals surface area (Å²) >= 11 is 16.2. The quantitative estimate of drug-likeness (QED) is 0.00740. The van der Waals surface area contributed by atoms with Crippen molar-refractivity contribution in [2.24, 2.45) is 48.6 Å². The molecule has 744 valence electrons. The molecule has 0 spiro atoms. The molecule has 0 amide bonds. The van der Waals surface area contributed by atoms with Crippen molar-refractivity contribution >= 4 is 100 Å². The second-order valence-electron chi connectivity index (χ2n) is 29.9. The fraction of sp³-hybridized carbons (Fsp3) is 0.416. The summed E-state index contributed by atoms with van der Waals surface area (Å²) in [4.78, 5) is 16.7. The lowest BCUT2D eigenvalue weighted by molar-refractivity contribution is 0.157. The molecule has 0 aliphatic carbocycles. The highest BCUT2D eigenvalue weighted by Gasteiger charge is 2.13. The van der Waals surface area contributed by atoms with Gasteiger partial charge in [-0.25, -0.2) is 30.7 Å². The number of amidine groups is 3. The van der Waals surface area contributed by atoms with E-state index in [0.29, 0.717) is 137 Å². The molecule has 0 radical (unpaired) electrons. The molecule has 0 saturated carbocycles. The minimum Gasteiger partial charge on any atom is -0.492 e. The molecule has 34 heteroatoms. The van der Waals surface area contributed by atoms with Gasteiger partial charge in [-0.3, -0.25) is 24.4 Å². The summed E-state index contributed by atoms with van der Waals surface area (Å²) in [7, 11) is 0.